The highest BCUT2D eigenvalue weighted by Crippen LogP contribution is 2.30. The largest absolute Gasteiger partial charge is 0.480 e. The van der Waals surface area contributed by atoms with Gasteiger partial charge in [0.05, 0.1) is 0 Å². The molecule has 6 nitrogen and oxygen atoms in total. The van der Waals surface area contributed by atoms with Gasteiger partial charge >= 0.3 is 5.97 Å². The second kappa shape index (κ2) is 7.26. The summed E-state index contributed by atoms with van der Waals surface area (Å²) in [4.78, 5) is 35.3. The maximum Gasteiger partial charge on any atom is 0.326 e. The highest BCUT2D eigenvalue weighted by Gasteiger charge is 2.30. The van der Waals surface area contributed by atoms with E-state index in [1.54, 1.807) is 31.2 Å². The maximum atomic E-state index is 12.3. The van der Waals surface area contributed by atoms with Gasteiger partial charge in [0, 0.05) is 17.2 Å². The number of anilines is 1. The Morgan fingerprint density at radius 3 is 2.57 bits per heavy atom. The third-order valence-electron chi connectivity index (χ3n) is 4.11. The van der Waals surface area contributed by atoms with Crippen molar-refractivity contribution in [1.29, 1.82) is 0 Å². The molecule has 0 bridgehead atoms. The van der Waals surface area contributed by atoms with Gasteiger partial charge in [-0.15, -0.1) is 0 Å². The van der Waals surface area contributed by atoms with Crippen LogP contribution in [0.3, 0.4) is 0 Å². The molecule has 2 unspecified atom stereocenters. The number of nitrogens with one attached hydrogen (secondary N) is 2. The van der Waals surface area contributed by atoms with E-state index in [0.717, 1.165) is 12.8 Å². The molecule has 2 atom stereocenters. The number of carboxylic acid groups (broad SMARTS) is 1. The summed E-state index contributed by atoms with van der Waals surface area (Å²) in [5, 5.41) is 14.6. The zero-order valence-electron chi connectivity index (χ0n) is 13.3. The van der Waals surface area contributed by atoms with E-state index < -0.39 is 17.9 Å². The van der Waals surface area contributed by atoms with Gasteiger partial charge in [-0.05, 0) is 37.0 Å². The van der Waals surface area contributed by atoms with Gasteiger partial charge in [0.2, 0.25) is 5.91 Å². The van der Waals surface area contributed by atoms with Crippen LogP contribution < -0.4 is 10.6 Å². The van der Waals surface area contributed by atoms with Crippen molar-refractivity contribution in [3.05, 3.63) is 29.8 Å². The molecule has 124 valence electrons. The fourth-order valence-corrected chi connectivity index (χ4v) is 2.24. The number of carboxylic acids is 1. The van der Waals surface area contributed by atoms with Gasteiger partial charge in [-0.2, -0.15) is 0 Å². The van der Waals surface area contributed by atoms with Gasteiger partial charge in [-0.3, -0.25) is 9.59 Å². The number of carbonyl (C=O) groups excluding carboxylic acids is 2. The molecule has 1 aromatic rings. The van der Waals surface area contributed by atoms with Crippen molar-refractivity contribution < 1.29 is 19.5 Å². The molecule has 2 rings (SSSR count). The van der Waals surface area contributed by atoms with Gasteiger partial charge in [-0.25, -0.2) is 4.79 Å². The number of amides is 2. The number of rotatable bonds is 7. The molecule has 0 aromatic heterocycles. The van der Waals surface area contributed by atoms with Crippen LogP contribution in [0.25, 0.3) is 0 Å². The first-order valence-corrected chi connectivity index (χ1v) is 7.87. The molecule has 1 saturated carbocycles. The van der Waals surface area contributed by atoms with E-state index >= 15 is 0 Å². The summed E-state index contributed by atoms with van der Waals surface area (Å²) in [7, 11) is 0. The summed E-state index contributed by atoms with van der Waals surface area (Å²) >= 11 is 0. The fourth-order valence-electron chi connectivity index (χ4n) is 2.24. The quantitative estimate of drug-likeness (QED) is 0.718. The first-order valence-electron chi connectivity index (χ1n) is 7.87. The van der Waals surface area contributed by atoms with Crippen LogP contribution in [0.15, 0.2) is 24.3 Å². The molecular weight excluding hydrogens is 296 g/mol. The number of benzene rings is 1. The Kier molecular flexibility index (Phi) is 5.36. The van der Waals surface area contributed by atoms with E-state index in [1.807, 2.05) is 6.92 Å². The van der Waals surface area contributed by atoms with Crippen LogP contribution in [0, 0.1) is 11.8 Å². The SMILES string of the molecule is CCC(C)C(NC(=O)c1cccc(NC(=O)C2CC2)c1)C(=O)O. The van der Waals surface area contributed by atoms with Crippen molar-refractivity contribution in [1.82, 2.24) is 5.32 Å². The minimum absolute atomic E-state index is 0.0365. The Balaban J connectivity index is 2.06. The summed E-state index contributed by atoms with van der Waals surface area (Å²) in [6.45, 7) is 3.66. The fraction of sp³-hybridized carbons (Fsp3) is 0.471. The van der Waals surface area contributed by atoms with Crippen LogP contribution in [0.2, 0.25) is 0 Å². The Morgan fingerprint density at radius 2 is 2.00 bits per heavy atom. The van der Waals surface area contributed by atoms with E-state index in [1.165, 1.54) is 0 Å². The summed E-state index contributed by atoms with van der Waals surface area (Å²) in [6, 6.07) is 5.59. The van der Waals surface area contributed by atoms with Gasteiger partial charge < -0.3 is 15.7 Å². The predicted molar refractivity (Wildman–Crippen MR) is 86.1 cm³/mol. The van der Waals surface area contributed by atoms with Crippen molar-refractivity contribution in [3.8, 4) is 0 Å². The minimum atomic E-state index is -1.05. The maximum absolute atomic E-state index is 12.3. The molecule has 1 fully saturated rings. The lowest BCUT2D eigenvalue weighted by atomic mass is 9.99. The normalized spacial score (nSPS) is 16.3. The predicted octanol–water partition coefficient (Wildman–Crippen LogP) is 2.26. The summed E-state index contributed by atoms with van der Waals surface area (Å²) in [6.07, 6.45) is 2.46. The van der Waals surface area contributed by atoms with Crippen molar-refractivity contribution >= 4 is 23.5 Å². The third-order valence-corrected chi connectivity index (χ3v) is 4.11. The topological polar surface area (TPSA) is 95.5 Å². The molecule has 0 aliphatic heterocycles. The number of carbonyl (C=O) groups is 3. The smallest absolute Gasteiger partial charge is 0.326 e. The highest BCUT2D eigenvalue weighted by molar-refractivity contribution is 5.99. The molecule has 0 spiro atoms. The van der Waals surface area contributed by atoms with Crippen molar-refractivity contribution in [2.75, 3.05) is 5.32 Å². The average molecular weight is 318 g/mol. The standard InChI is InChI=1S/C17H22N2O4/c1-3-10(2)14(17(22)23)19-16(21)12-5-4-6-13(9-12)18-15(20)11-7-8-11/h4-6,9-11,14H,3,7-8H2,1-2H3,(H,18,20)(H,19,21)(H,22,23). The number of hydrogen-bond acceptors (Lipinski definition) is 3. The molecule has 23 heavy (non-hydrogen) atoms. The summed E-state index contributed by atoms with van der Waals surface area (Å²) < 4.78 is 0. The van der Waals surface area contributed by atoms with Gasteiger partial charge in [0.15, 0.2) is 0 Å². The van der Waals surface area contributed by atoms with Crippen LogP contribution in [-0.2, 0) is 9.59 Å². The molecular formula is C17H22N2O4. The average Bonchev–Trinajstić information content (AvgIpc) is 3.36. The summed E-state index contributed by atoms with van der Waals surface area (Å²) in [5.41, 5.74) is 0.873. The van der Waals surface area contributed by atoms with Crippen molar-refractivity contribution in [2.45, 2.75) is 39.2 Å². The number of hydrogen-bond donors (Lipinski definition) is 3. The van der Waals surface area contributed by atoms with E-state index in [0.29, 0.717) is 17.7 Å². The van der Waals surface area contributed by atoms with Gasteiger partial charge in [0.25, 0.3) is 5.91 Å². The minimum Gasteiger partial charge on any atom is -0.480 e. The second-order valence-corrected chi connectivity index (χ2v) is 6.02. The first kappa shape index (κ1) is 17.0. The molecule has 3 N–H and O–H groups in total. The van der Waals surface area contributed by atoms with E-state index in [2.05, 4.69) is 10.6 Å². The third kappa shape index (κ3) is 4.55. The Bertz CT molecular complexity index is 610. The zero-order valence-corrected chi connectivity index (χ0v) is 13.3. The van der Waals surface area contributed by atoms with Crippen molar-refractivity contribution in [2.24, 2.45) is 11.8 Å². The van der Waals surface area contributed by atoms with Crippen LogP contribution in [-0.4, -0.2) is 28.9 Å². The van der Waals surface area contributed by atoms with Crippen LogP contribution in [0.4, 0.5) is 5.69 Å². The van der Waals surface area contributed by atoms with E-state index in [9.17, 15) is 19.5 Å². The monoisotopic (exact) mass is 318 g/mol. The highest BCUT2D eigenvalue weighted by atomic mass is 16.4. The molecule has 0 saturated heterocycles. The molecule has 1 aliphatic rings. The molecule has 6 heteroatoms. The molecule has 1 aliphatic carbocycles. The van der Waals surface area contributed by atoms with Gasteiger partial charge in [-0.1, -0.05) is 26.3 Å². The first-order chi connectivity index (χ1) is 10.9. The lowest BCUT2D eigenvalue weighted by Gasteiger charge is -2.20. The summed E-state index contributed by atoms with van der Waals surface area (Å²) in [5.74, 6) is -1.64. The van der Waals surface area contributed by atoms with Crippen LogP contribution >= 0.6 is 0 Å². The van der Waals surface area contributed by atoms with E-state index in [4.69, 9.17) is 0 Å². The molecule has 2 amide bonds. The van der Waals surface area contributed by atoms with Crippen LogP contribution in [0.5, 0.6) is 0 Å². The molecule has 1 aromatic carbocycles. The van der Waals surface area contributed by atoms with E-state index in [-0.39, 0.29) is 17.7 Å². The second-order valence-electron chi connectivity index (χ2n) is 6.02. The lowest BCUT2D eigenvalue weighted by Crippen LogP contribution is -2.45. The molecule has 0 radical (unpaired) electrons. The Hall–Kier alpha value is -2.37. The zero-order chi connectivity index (χ0) is 17.0. The van der Waals surface area contributed by atoms with Gasteiger partial charge in [0.1, 0.15) is 6.04 Å². The van der Waals surface area contributed by atoms with Crippen LogP contribution in [0.1, 0.15) is 43.5 Å². The Labute approximate surface area is 135 Å². The molecule has 0 heterocycles. The number of aliphatic carboxylic acids is 1. The van der Waals surface area contributed by atoms with Crippen molar-refractivity contribution in [3.63, 3.8) is 0 Å². The lowest BCUT2D eigenvalue weighted by molar-refractivity contribution is -0.140. The Morgan fingerprint density at radius 1 is 1.30 bits per heavy atom.